The van der Waals surface area contributed by atoms with Crippen molar-refractivity contribution >= 4 is 28.0 Å². The van der Waals surface area contributed by atoms with Crippen LogP contribution in [-0.2, 0) is 6.61 Å². The Morgan fingerprint density at radius 3 is 2.71 bits per heavy atom. The van der Waals surface area contributed by atoms with Crippen molar-refractivity contribution in [2.75, 3.05) is 13.6 Å². The third-order valence-electron chi connectivity index (χ3n) is 3.87. The van der Waals surface area contributed by atoms with Crippen LogP contribution in [-0.4, -0.2) is 29.8 Å². The van der Waals surface area contributed by atoms with Gasteiger partial charge in [0.05, 0.1) is 22.2 Å². The zero-order valence-corrected chi connectivity index (χ0v) is 16.5. The average molecular weight is 390 g/mol. The minimum Gasteiger partial charge on any atom is -0.472 e. The third-order valence-corrected chi connectivity index (χ3v) is 4.44. The summed E-state index contributed by atoms with van der Waals surface area (Å²) in [6.07, 6.45) is 1.81. The summed E-state index contributed by atoms with van der Waals surface area (Å²) in [5.74, 6) is 0.594. The Kier molecular flexibility index (Phi) is 6.37. The number of aliphatic imine (C=N–C) groups is 1. The number of aromatic nitrogens is 1. The predicted molar refractivity (Wildman–Crippen MR) is 103 cm³/mol. The molecule has 0 aliphatic heterocycles. The van der Waals surface area contributed by atoms with E-state index in [2.05, 4.69) is 64.9 Å². The fourth-order valence-electron chi connectivity index (χ4n) is 2.13. The van der Waals surface area contributed by atoms with Crippen LogP contribution in [0.5, 0.6) is 5.88 Å². The molecule has 0 radical (unpaired) electrons. The van der Waals surface area contributed by atoms with Crippen LogP contribution in [0.3, 0.4) is 0 Å². The molecule has 1 aromatic carbocycles. The van der Waals surface area contributed by atoms with Gasteiger partial charge in [0.25, 0.3) is 0 Å². The molecular weight excluding hydrogens is 366 g/mol. The molecule has 5 heteroatoms. The Balaban J connectivity index is 2.15. The molecule has 1 aromatic heterocycles. The normalized spacial score (nSPS) is 11.1. The van der Waals surface area contributed by atoms with Gasteiger partial charge in [-0.15, -0.1) is 0 Å². The fraction of sp³-hybridized carbons (Fsp3) is 0.368. The Bertz CT molecular complexity index is 744. The van der Waals surface area contributed by atoms with Gasteiger partial charge in [0.2, 0.25) is 5.88 Å². The van der Waals surface area contributed by atoms with E-state index in [-0.39, 0.29) is 0 Å². The number of halogens is 1. The van der Waals surface area contributed by atoms with E-state index >= 15 is 0 Å². The van der Waals surface area contributed by atoms with Gasteiger partial charge in [-0.3, -0.25) is 0 Å². The molecule has 0 aliphatic carbocycles. The zero-order valence-electron chi connectivity index (χ0n) is 14.9. The van der Waals surface area contributed by atoms with E-state index in [1.54, 1.807) is 0 Å². The van der Waals surface area contributed by atoms with Crippen molar-refractivity contribution in [3.8, 4) is 5.88 Å². The van der Waals surface area contributed by atoms with Gasteiger partial charge >= 0.3 is 0 Å². The third kappa shape index (κ3) is 4.81. The highest BCUT2D eigenvalue weighted by molar-refractivity contribution is 9.10. The van der Waals surface area contributed by atoms with E-state index in [1.165, 1.54) is 16.7 Å². The molecule has 2 aromatic rings. The monoisotopic (exact) mass is 389 g/mol. The smallest absolute Gasteiger partial charge is 0.228 e. The van der Waals surface area contributed by atoms with Crippen LogP contribution in [0.2, 0.25) is 0 Å². The lowest BCUT2D eigenvalue weighted by molar-refractivity contribution is 0.290. The van der Waals surface area contributed by atoms with Crippen LogP contribution in [0.15, 0.2) is 33.7 Å². The first-order valence-electron chi connectivity index (χ1n) is 8.01. The number of benzene rings is 1. The van der Waals surface area contributed by atoms with Crippen molar-refractivity contribution in [3.05, 3.63) is 51.1 Å². The molecule has 2 rings (SSSR count). The number of pyridine rings is 1. The first-order chi connectivity index (χ1) is 11.4. The highest BCUT2D eigenvalue weighted by Crippen LogP contribution is 2.30. The van der Waals surface area contributed by atoms with E-state index in [1.807, 2.05) is 31.3 Å². The van der Waals surface area contributed by atoms with Gasteiger partial charge in [-0.1, -0.05) is 23.8 Å². The number of rotatable bonds is 6. The number of aryl methyl sites for hydroxylation is 3. The molecule has 0 spiro atoms. The summed E-state index contributed by atoms with van der Waals surface area (Å²) in [7, 11) is 1.99. The van der Waals surface area contributed by atoms with Crippen LogP contribution >= 0.6 is 15.9 Å². The van der Waals surface area contributed by atoms with Crippen molar-refractivity contribution in [1.29, 1.82) is 0 Å². The molecule has 0 amide bonds. The minimum absolute atomic E-state index is 0.500. The molecule has 0 unspecified atom stereocenters. The van der Waals surface area contributed by atoms with Crippen molar-refractivity contribution in [2.24, 2.45) is 4.99 Å². The van der Waals surface area contributed by atoms with Crippen molar-refractivity contribution in [3.63, 3.8) is 0 Å². The standard InChI is InChI=1S/C19H24BrN3O/c1-6-23(5)12-21-18-10-17(20)19(22-15(18)4)24-11-16-9-13(2)7-8-14(16)3/h7-10,12H,6,11H2,1-5H3. The van der Waals surface area contributed by atoms with Gasteiger partial charge in [-0.25, -0.2) is 9.98 Å². The second-order valence-electron chi connectivity index (χ2n) is 5.92. The van der Waals surface area contributed by atoms with Crippen molar-refractivity contribution in [2.45, 2.75) is 34.3 Å². The van der Waals surface area contributed by atoms with Crippen LogP contribution in [0.1, 0.15) is 29.3 Å². The van der Waals surface area contributed by atoms with Gasteiger partial charge in [0.15, 0.2) is 0 Å². The Morgan fingerprint density at radius 2 is 2.00 bits per heavy atom. The molecule has 0 aliphatic rings. The molecule has 4 nitrogen and oxygen atoms in total. The highest BCUT2D eigenvalue weighted by Gasteiger charge is 2.09. The van der Waals surface area contributed by atoms with E-state index in [0.29, 0.717) is 12.5 Å². The summed E-state index contributed by atoms with van der Waals surface area (Å²) in [5.41, 5.74) is 5.30. The van der Waals surface area contributed by atoms with Gasteiger partial charge in [-0.2, -0.15) is 0 Å². The quantitative estimate of drug-likeness (QED) is 0.517. The molecular formula is C19H24BrN3O. The number of hydrogen-bond donors (Lipinski definition) is 0. The molecule has 0 fully saturated rings. The van der Waals surface area contributed by atoms with E-state index in [0.717, 1.165) is 22.4 Å². The maximum absolute atomic E-state index is 5.92. The topological polar surface area (TPSA) is 37.7 Å². The lowest BCUT2D eigenvalue weighted by atomic mass is 10.1. The van der Waals surface area contributed by atoms with Gasteiger partial charge < -0.3 is 9.64 Å². The Morgan fingerprint density at radius 1 is 1.25 bits per heavy atom. The predicted octanol–water partition coefficient (Wildman–Crippen LogP) is 4.96. The van der Waals surface area contributed by atoms with Crippen LogP contribution < -0.4 is 4.74 Å². The second kappa shape index (κ2) is 8.29. The number of ether oxygens (including phenoxy) is 1. The summed E-state index contributed by atoms with van der Waals surface area (Å²) in [5, 5.41) is 0. The number of hydrogen-bond acceptors (Lipinski definition) is 3. The molecule has 0 saturated heterocycles. The van der Waals surface area contributed by atoms with Crippen LogP contribution in [0, 0.1) is 20.8 Å². The molecule has 0 N–H and O–H groups in total. The molecule has 24 heavy (non-hydrogen) atoms. The largest absolute Gasteiger partial charge is 0.472 e. The molecule has 0 saturated carbocycles. The summed E-state index contributed by atoms with van der Waals surface area (Å²) >= 11 is 3.54. The fourth-order valence-corrected chi connectivity index (χ4v) is 2.55. The lowest BCUT2D eigenvalue weighted by Crippen LogP contribution is -2.14. The summed E-state index contributed by atoms with van der Waals surface area (Å²) in [4.78, 5) is 11.0. The van der Waals surface area contributed by atoms with E-state index in [4.69, 9.17) is 4.74 Å². The zero-order chi connectivity index (χ0) is 17.7. The highest BCUT2D eigenvalue weighted by atomic mass is 79.9. The van der Waals surface area contributed by atoms with Crippen LogP contribution in [0.25, 0.3) is 0 Å². The van der Waals surface area contributed by atoms with E-state index < -0.39 is 0 Å². The van der Waals surface area contributed by atoms with Crippen molar-refractivity contribution in [1.82, 2.24) is 9.88 Å². The second-order valence-corrected chi connectivity index (χ2v) is 6.77. The number of nitrogens with zero attached hydrogens (tertiary/aromatic N) is 3. The van der Waals surface area contributed by atoms with Gasteiger partial charge in [-0.05, 0) is 60.8 Å². The minimum atomic E-state index is 0.500. The maximum Gasteiger partial charge on any atom is 0.228 e. The Hall–Kier alpha value is -1.88. The summed E-state index contributed by atoms with van der Waals surface area (Å²) < 4.78 is 6.73. The van der Waals surface area contributed by atoms with E-state index in [9.17, 15) is 0 Å². The molecule has 0 bridgehead atoms. The SMILES string of the molecule is CCN(C)C=Nc1cc(Br)c(OCc2cc(C)ccc2C)nc1C. The van der Waals surface area contributed by atoms with Crippen molar-refractivity contribution < 1.29 is 4.74 Å². The summed E-state index contributed by atoms with van der Waals surface area (Å²) in [6.45, 7) is 9.61. The maximum atomic E-state index is 5.92. The van der Waals surface area contributed by atoms with Crippen LogP contribution in [0.4, 0.5) is 5.69 Å². The molecule has 128 valence electrons. The average Bonchev–Trinajstić information content (AvgIpc) is 2.56. The summed E-state index contributed by atoms with van der Waals surface area (Å²) in [6, 6.07) is 8.32. The molecule has 1 heterocycles. The lowest BCUT2D eigenvalue weighted by Gasteiger charge is -2.12. The first-order valence-corrected chi connectivity index (χ1v) is 8.80. The molecule has 0 atom stereocenters. The Labute approximate surface area is 152 Å². The van der Waals surface area contributed by atoms with Gasteiger partial charge in [0.1, 0.15) is 6.61 Å². The van der Waals surface area contributed by atoms with Gasteiger partial charge in [0, 0.05) is 13.6 Å². The first kappa shape index (κ1) is 18.5.